The second-order valence-electron chi connectivity index (χ2n) is 9.19. The van der Waals surface area contributed by atoms with Gasteiger partial charge in [-0.15, -0.1) is 11.3 Å². The molecule has 0 radical (unpaired) electrons. The summed E-state index contributed by atoms with van der Waals surface area (Å²) >= 11 is 1.84. The fraction of sp³-hybridized carbons (Fsp3) is 0.481. The first-order chi connectivity index (χ1) is 17.1. The Bertz CT molecular complexity index is 1200. The van der Waals surface area contributed by atoms with Crippen LogP contribution in [0.5, 0.6) is 0 Å². The van der Waals surface area contributed by atoms with Crippen LogP contribution < -0.4 is 4.90 Å². The quantitative estimate of drug-likeness (QED) is 0.461. The Hall–Kier alpha value is -3.00. The molecule has 8 heteroatoms. The fourth-order valence-electron chi connectivity index (χ4n) is 5.04. The van der Waals surface area contributed by atoms with Gasteiger partial charge in [0.05, 0.1) is 18.4 Å². The number of carbonyl (C=O) groups is 2. The van der Waals surface area contributed by atoms with Crippen LogP contribution in [0.4, 0.5) is 5.82 Å². The van der Waals surface area contributed by atoms with Crippen LogP contribution in [0.25, 0.3) is 10.2 Å². The molecule has 2 aliphatic rings. The van der Waals surface area contributed by atoms with Crippen molar-refractivity contribution in [2.24, 2.45) is 0 Å². The maximum atomic E-state index is 12.6. The number of hydrogen-bond donors (Lipinski definition) is 0. The monoisotopic (exact) mass is 492 g/mol. The van der Waals surface area contributed by atoms with Gasteiger partial charge in [0.1, 0.15) is 16.5 Å². The lowest BCUT2D eigenvalue weighted by molar-refractivity contribution is -0.145. The smallest absolute Gasteiger partial charge is 0.306 e. The molecule has 0 N–H and O–H groups in total. The van der Waals surface area contributed by atoms with Crippen molar-refractivity contribution in [1.29, 1.82) is 0 Å². The van der Waals surface area contributed by atoms with Crippen molar-refractivity contribution in [2.45, 2.75) is 51.9 Å². The summed E-state index contributed by atoms with van der Waals surface area (Å²) in [5, 5.41) is 1.23. The summed E-state index contributed by atoms with van der Waals surface area (Å²) in [6.07, 6.45) is 5.74. The van der Waals surface area contributed by atoms with Crippen molar-refractivity contribution < 1.29 is 14.3 Å². The molecule has 1 fully saturated rings. The molecule has 0 unspecified atom stereocenters. The van der Waals surface area contributed by atoms with E-state index in [4.69, 9.17) is 14.7 Å². The Kier molecular flexibility index (Phi) is 7.27. The first-order valence-corrected chi connectivity index (χ1v) is 13.5. The minimum atomic E-state index is -0.309. The topological polar surface area (TPSA) is 75.6 Å². The number of carbonyl (C=O) groups excluding carboxylic acids is 2. The van der Waals surface area contributed by atoms with Gasteiger partial charge in [-0.3, -0.25) is 9.59 Å². The van der Waals surface area contributed by atoms with E-state index in [1.165, 1.54) is 34.2 Å². The van der Waals surface area contributed by atoms with Gasteiger partial charge in [-0.2, -0.15) is 0 Å². The van der Waals surface area contributed by atoms with Gasteiger partial charge in [-0.05, 0) is 43.7 Å². The third-order valence-electron chi connectivity index (χ3n) is 6.83. The first kappa shape index (κ1) is 23.7. The normalized spacial score (nSPS) is 15.8. The Morgan fingerprint density at radius 1 is 1.00 bits per heavy atom. The van der Waals surface area contributed by atoms with E-state index in [1.807, 2.05) is 22.3 Å². The number of nitrogens with zero attached hydrogens (tertiary/aromatic N) is 4. The molecule has 184 valence electrons. The zero-order chi connectivity index (χ0) is 24.2. The van der Waals surface area contributed by atoms with Crippen LogP contribution in [0, 0.1) is 0 Å². The lowest BCUT2D eigenvalue weighted by atomic mass is 9.96. The van der Waals surface area contributed by atoms with Crippen molar-refractivity contribution >= 4 is 39.2 Å². The van der Waals surface area contributed by atoms with E-state index < -0.39 is 0 Å². The molecule has 0 atom stereocenters. The SMILES string of the molecule is CCOC(=O)CCC(=O)N1CCN(c2nc(Cc3ccccc3)nc3sc4c(c23)CCCC4)CC1. The number of rotatable bonds is 7. The number of thiophene rings is 1. The largest absolute Gasteiger partial charge is 0.466 e. The number of piperazine rings is 1. The van der Waals surface area contributed by atoms with Gasteiger partial charge in [0, 0.05) is 43.9 Å². The fourth-order valence-corrected chi connectivity index (χ4v) is 6.31. The molecule has 3 aromatic rings. The average molecular weight is 493 g/mol. The van der Waals surface area contributed by atoms with E-state index in [9.17, 15) is 9.59 Å². The third kappa shape index (κ3) is 5.32. The molecule has 1 aliphatic carbocycles. The van der Waals surface area contributed by atoms with E-state index in [0.29, 0.717) is 26.1 Å². The van der Waals surface area contributed by atoms with Crippen LogP contribution in [0.1, 0.15) is 54.4 Å². The third-order valence-corrected chi connectivity index (χ3v) is 8.01. The highest BCUT2D eigenvalue weighted by Gasteiger charge is 2.27. The van der Waals surface area contributed by atoms with E-state index in [-0.39, 0.29) is 24.7 Å². The lowest BCUT2D eigenvalue weighted by Crippen LogP contribution is -2.49. The number of anilines is 1. The van der Waals surface area contributed by atoms with Gasteiger partial charge >= 0.3 is 5.97 Å². The van der Waals surface area contributed by atoms with Gasteiger partial charge in [-0.1, -0.05) is 30.3 Å². The lowest BCUT2D eigenvalue weighted by Gasteiger charge is -2.36. The summed E-state index contributed by atoms with van der Waals surface area (Å²) in [7, 11) is 0. The summed E-state index contributed by atoms with van der Waals surface area (Å²) in [5.41, 5.74) is 2.64. The summed E-state index contributed by atoms with van der Waals surface area (Å²) in [4.78, 5) is 41.1. The second kappa shape index (κ2) is 10.7. The average Bonchev–Trinajstić information content (AvgIpc) is 3.26. The summed E-state index contributed by atoms with van der Waals surface area (Å²) in [5.74, 6) is 1.59. The summed E-state index contributed by atoms with van der Waals surface area (Å²) in [6.45, 7) is 4.84. The number of ether oxygens (including phenoxy) is 1. The minimum Gasteiger partial charge on any atom is -0.466 e. The van der Waals surface area contributed by atoms with Gasteiger partial charge < -0.3 is 14.5 Å². The molecular weight excluding hydrogens is 460 g/mol. The molecule has 7 nitrogen and oxygen atoms in total. The molecule has 35 heavy (non-hydrogen) atoms. The zero-order valence-corrected chi connectivity index (χ0v) is 21.1. The molecule has 1 amide bonds. The van der Waals surface area contributed by atoms with E-state index in [0.717, 1.165) is 42.4 Å². The molecule has 3 heterocycles. The van der Waals surface area contributed by atoms with Crippen LogP contribution in [-0.2, 0) is 33.6 Å². The van der Waals surface area contributed by atoms with Crippen LogP contribution in [-0.4, -0.2) is 59.5 Å². The Morgan fingerprint density at radius 2 is 1.77 bits per heavy atom. The van der Waals surface area contributed by atoms with Gasteiger partial charge in [0.2, 0.25) is 5.91 Å². The number of benzene rings is 1. The van der Waals surface area contributed by atoms with Crippen molar-refractivity contribution in [3.63, 3.8) is 0 Å². The van der Waals surface area contributed by atoms with Crippen molar-refractivity contribution in [1.82, 2.24) is 14.9 Å². The number of fused-ring (bicyclic) bond motifs is 3. The molecule has 1 aromatic carbocycles. The summed E-state index contributed by atoms with van der Waals surface area (Å²) < 4.78 is 4.96. The molecule has 0 bridgehead atoms. The second-order valence-corrected chi connectivity index (χ2v) is 10.3. The molecule has 1 aliphatic heterocycles. The number of aromatic nitrogens is 2. The molecular formula is C27H32N4O3S. The van der Waals surface area contributed by atoms with Gasteiger partial charge in [-0.25, -0.2) is 9.97 Å². The maximum absolute atomic E-state index is 12.6. The van der Waals surface area contributed by atoms with Crippen LogP contribution >= 0.6 is 11.3 Å². The molecule has 1 saturated heterocycles. The molecule has 5 rings (SSSR count). The Balaban J connectivity index is 1.36. The standard InChI is InChI=1S/C27H32N4O3S/c1-2-34-24(33)13-12-23(32)30-14-16-31(17-15-30)26-25-20-10-6-7-11-21(20)35-27(25)29-22(28-26)18-19-8-4-3-5-9-19/h3-5,8-9H,2,6-7,10-18H2,1H3. The van der Waals surface area contributed by atoms with Gasteiger partial charge in [0.25, 0.3) is 0 Å². The zero-order valence-electron chi connectivity index (χ0n) is 20.3. The number of amides is 1. The molecule has 0 saturated carbocycles. The van der Waals surface area contributed by atoms with E-state index in [1.54, 1.807) is 6.92 Å². The van der Waals surface area contributed by atoms with Crippen LogP contribution in [0.3, 0.4) is 0 Å². The molecule has 0 spiro atoms. The summed E-state index contributed by atoms with van der Waals surface area (Å²) in [6, 6.07) is 10.4. The number of aryl methyl sites for hydroxylation is 2. The predicted molar refractivity (Wildman–Crippen MR) is 138 cm³/mol. The highest BCUT2D eigenvalue weighted by atomic mass is 32.1. The van der Waals surface area contributed by atoms with Crippen molar-refractivity contribution in [2.75, 3.05) is 37.7 Å². The highest BCUT2D eigenvalue weighted by Crippen LogP contribution is 2.40. The highest BCUT2D eigenvalue weighted by molar-refractivity contribution is 7.19. The Labute approximate surface area is 210 Å². The van der Waals surface area contributed by atoms with Crippen molar-refractivity contribution in [3.8, 4) is 0 Å². The van der Waals surface area contributed by atoms with E-state index >= 15 is 0 Å². The van der Waals surface area contributed by atoms with Crippen LogP contribution in [0.15, 0.2) is 30.3 Å². The molecule has 2 aromatic heterocycles. The first-order valence-electron chi connectivity index (χ1n) is 12.7. The van der Waals surface area contributed by atoms with Gasteiger partial charge in [0.15, 0.2) is 0 Å². The van der Waals surface area contributed by atoms with E-state index in [2.05, 4.69) is 29.2 Å². The van der Waals surface area contributed by atoms with Crippen molar-refractivity contribution in [3.05, 3.63) is 52.2 Å². The number of hydrogen-bond acceptors (Lipinski definition) is 7. The van der Waals surface area contributed by atoms with Crippen LogP contribution in [0.2, 0.25) is 0 Å². The Morgan fingerprint density at radius 3 is 2.54 bits per heavy atom. The maximum Gasteiger partial charge on any atom is 0.306 e. The number of esters is 1. The minimum absolute atomic E-state index is 0.0169. The predicted octanol–water partition coefficient (Wildman–Crippen LogP) is 4.15.